The summed E-state index contributed by atoms with van der Waals surface area (Å²) in [6.07, 6.45) is -3.86. The molecule has 1 aliphatic rings. The van der Waals surface area contributed by atoms with E-state index in [9.17, 15) is 26.8 Å². The Labute approximate surface area is 163 Å². The van der Waals surface area contributed by atoms with Crippen molar-refractivity contribution in [2.45, 2.75) is 11.2 Å². The molecular weight excluding hydrogens is 416 g/mol. The van der Waals surface area contributed by atoms with Gasteiger partial charge in [0.25, 0.3) is 10.0 Å². The van der Waals surface area contributed by atoms with Gasteiger partial charge in [-0.2, -0.15) is 0 Å². The van der Waals surface area contributed by atoms with Crippen molar-refractivity contribution in [2.24, 2.45) is 0 Å². The predicted octanol–water partition coefficient (Wildman–Crippen LogP) is 2.38. The number of fused-ring (bicyclic) bond motifs is 1. The Morgan fingerprint density at radius 2 is 1.48 bits per heavy atom. The van der Waals surface area contributed by atoms with Gasteiger partial charge in [0, 0.05) is 6.07 Å². The minimum atomic E-state index is -4.34. The zero-order valence-electron chi connectivity index (χ0n) is 14.9. The molecule has 0 unspecified atom stereocenters. The SMILES string of the molecule is COC(=O)c1cc(C(=O)OC)cc(S(=O)(=O)Nc2ccc3c(c2)OC(F)(F)O3)c1. The average Bonchev–Trinajstić information content (AvgIpc) is 2.99. The third kappa shape index (κ3) is 4.21. The molecule has 0 spiro atoms. The molecule has 1 aliphatic heterocycles. The second-order valence-electron chi connectivity index (χ2n) is 5.66. The summed E-state index contributed by atoms with van der Waals surface area (Å²) < 4.78 is 71.4. The van der Waals surface area contributed by atoms with Gasteiger partial charge in [0.05, 0.1) is 35.9 Å². The van der Waals surface area contributed by atoms with Crippen LogP contribution in [-0.2, 0) is 19.5 Å². The minimum Gasteiger partial charge on any atom is -0.465 e. The number of alkyl halides is 2. The zero-order valence-corrected chi connectivity index (χ0v) is 15.7. The van der Waals surface area contributed by atoms with E-state index in [2.05, 4.69) is 23.7 Å². The minimum absolute atomic E-state index is 0.117. The Morgan fingerprint density at radius 3 is 2.03 bits per heavy atom. The summed E-state index contributed by atoms with van der Waals surface area (Å²) in [6.45, 7) is 0. The van der Waals surface area contributed by atoms with Gasteiger partial charge in [0.15, 0.2) is 11.5 Å². The van der Waals surface area contributed by atoms with E-state index in [0.29, 0.717) is 0 Å². The van der Waals surface area contributed by atoms with E-state index in [1.807, 2.05) is 0 Å². The van der Waals surface area contributed by atoms with Gasteiger partial charge >= 0.3 is 18.2 Å². The van der Waals surface area contributed by atoms with Crippen molar-refractivity contribution in [3.05, 3.63) is 47.5 Å². The summed E-state index contributed by atoms with van der Waals surface area (Å²) in [5, 5.41) is 0. The van der Waals surface area contributed by atoms with Gasteiger partial charge in [-0.1, -0.05) is 0 Å². The number of carbonyl (C=O) groups is 2. The number of halogens is 2. The second-order valence-corrected chi connectivity index (χ2v) is 7.35. The van der Waals surface area contributed by atoms with E-state index in [-0.39, 0.29) is 28.3 Å². The number of ether oxygens (including phenoxy) is 4. The first-order valence-corrected chi connectivity index (χ1v) is 9.27. The second kappa shape index (κ2) is 7.20. The summed E-state index contributed by atoms with van der Waals surface area (Å²) in [7, 11) is -2.17. The van der Waals surface area contributed by atoms with E-state index in [0.717, 1.165) is 44.6 Å². The van der Waals surface area contributed by atoms with Crippen molar-refractivity contribution in [3.63, 3.8) is 0 Å². The molecule has 0 atom stereocenters. The normalized spacial score (nSPS) is 14.2. The van der Waals surface area contributed by atoms with Crippen LogP contribution in [0.5, 0.6) is 11.5 Å². The van der Waals surface area contributed by atoms with Gasteiger partial charge in [-0.15, -0.1) is 8.78 Å². The fourth-order valence-electron chi connectivity index (χ4n) is 2.45. The first-order chi connectivity index (χ1) is 13.5. The Hall–Kier alpha value is -3.41. The summed E-state index contributed by atoms with van der Waals surface area (Å²) >= 11 is 0. The molecule has 154 valence electrons. The van der Waals surface area contributed by atoms with Crippen LogP contribution >= 0.6 is 0 Å². The summed E-state index contributed by atoms with van der Waals surface area (Å²) in [4.78, 5) is 23.2. The largest absolute Gasteiger partial charge is 0.586 e. The monoisotopic (exact) mass is 429 g/mol. The maximum atomic E-state index is 13.1. The molecule has 0 saturated carbocycles. The molecule has 12 heteroatoms. The highest BCUT2D eigenvalue weighted by Crippen LogP contribution is 2.42. The summed E-state index contributed by atoms with van der Waals surface area (Å²) in [5.74, 6) is -2.39. The number of rotatable bonds is 5. The lowest BCUT2D eigenvalue weighted by molar-refractivity contribution is -0.286. The van der Waals surface area contributed by atoms with Crippen LogP contribution in [0.2, 0.25) is 0 Å². The highest BCUT2D eigenvalue weighted by Gasteiger charge is 2.43. The Kier molecular flexibility index (Phi) is 5.05. The number of esters is 2. The maximum Gasteiger partial charge on any atom is 0.586 e. The van der Waals surface area contributed by atoms with Gasteiger partial charge in [0.1, 0.15) is 0 Å². The molecule has 0 radical (unpaired) electrons. The molecule has 0 aromatic heterocycles. The number of nitrogens with one attached hydrogen (secondary N) is 1. The van der Waals surface area contributed by atoms with Crippen molar-refractivity contribution >= 4 is 27.6 Å². The van der Waals surface area contributed by atoms with Crippen LogP contribution < -0.4 is 14.2 Å². The molecule has 9 nitrogen and oxygen atoms in total. The fraction of sp³-hybridized carbons (Fsp3) is 0.176. The van der Waals surface area contributed by atoms with E-state index in [1.165, 1.54) is 6.07 Å². The highest BCUT2D eigenvalue weighted by molar-refractivity contribution is 7.92. The Morgan fingerprint density at radius 1 is 0.931 bits per heavy atom. The Bertz CT molecular complexity index is 1070. The molecule has 0 bridgehead atoms. The van der Waals surface area contributed by atoms with Crippen molar-refractivity contribution in [1.82, 2.24) is 0 Å². The Balaban J connectivity index is 1.97. The van der Waals surface area contributed by atoms with Crippen LogP contribution in [0.4, 0.5) is 14.5 Å². The zero-order chi connectivity index (χ0) is 21.4. The van der Waals surface area contributed by atoms with Crippen LogP contribution in [0.15, 0.2) is 41.3 Å². The predicted molar refractivity (Wildman–Crippen MR) is 92.6 cm³/mol. The van der Waals surface area contributed by atoms with Gasteiger partial charge in [-0.05, 0) is 30.3 Å². The molecule has 0 amide bonds. The van der Waals surface area contributed by atoms with E-state index in [4.69, 9.17) is 0 Å². The molecule has 2 aromatic rings. The van der Waals surface area contributed by atoms with Gasteiger partial charge in [-0.3, -0.25) is 4.72 Å². The highest BCUT2D eigenvalue weighted by atomic mass is 32.2. The quantitative estimate of drug-likeness (QED) is 0.720. The first-order valence-electron chi connectivity index (χ1n) is 7.79. The third-order valence-electron chi connectivity index (χ3n) is 3.71. The van der Waals surface area contributed by atoms with E-state index in [1.54, 1.807) is 0 Å². The van der Waals surface area contributed by atoms with Gasteiger partial charge in [0.2, 0.25) is 0 Å². The molecule has 1 heterocycles. The molecule has 1 N–H and O–H groups in total. The molecule has 0 aliphatic carbocycles. The summed E-state index contributed by atoms with van der Waals surface area (Å²) in [6, 6.07) is 6.35. The van der Waals surface area contributed by atoms with Crippen LogP contribution in [0.25, 0.3) is 0 Å². The molecule has 29 heavy (non-hydrogen) atoms. The number of methoxy groups -OCH3 is 2. The lowest BCUT2D eigenvalue weighted by Gasteiger charge is -2.11. The van der Waals surface area contributed by atoms with Crippen LogP contribution in [0, 0.1) is 0 Å². The van der Waals surface area contributed by atoms with Crippen LogP contribution in [-0.4, -0.2) is 40.9 Å². The average molecular weight is 429 g/mol. The van der Waals surface area contributed by atoms with Crippen molar-refractivity contribution in [2.75, 3.05) is 18.9 Å². The topological polar surface area (TPSA) is 117 Å². The first kappa shape index (κ1) is 20.3. The number of carbonyl (C=O) groups excluding carboxylic acids is 2. The molecule has 0 fully saturated rings. The number of benzene rings is 2. The lowest BCUT2D eigenvalue weighted by atomic mass is 10.1. The molecule has 0 saturated heterocycles. The van der Waals surface area contributed by atoms with Crippen LogP contribution in [0.1, 0.15) is 20.7 Å². The van der Waals surface area contributed by atoms with E-state index >= 15 is 0 Å². The third-order valence-corrected chi connectivity index (χ3v) is 5.07. The van der Waals surface area contributed by atoms with Gasteiger partial charge in [-0.25, -0.2) is 18.0 Å². The molecule has 3 rings (SSSR count). The van der Waals surface area contributed by atoms with E-state index < -0.39 is 33.2 Å². The van der Waals surface area contributed by atoms with Crippen molar-refractivity contribution in [1.29, 1.82) is 0 Å². The number of hydrogen-bond donors (Lipinski definition) is 1. The number of sulfonamides is 1. The smallest absolute Gasteiger partial charge is 0.465 e. The number of hydrogen-bond acceptors (Lipinski definition) is 8. The van der Waals surface area contributed by atoms with Crippen molar-refractivity contribution < 1.29 is 45.7 Å². The van der Waals surface area contributed by atoms with Gasteiger partial charge < -0.3 is 18.9 Å². The number of anilines is 1. The molecular formula is C17H13F2NO8S. The van der Waals surface area contributed by atoms with Crippen LogP contribution in [0.3, 0.4) is 0 Å². The fourth-order valence-corrected chi connectivity index (χ4v) is 3.57. The standard InChI is InChI=1S/C17H13F2NO8S/c1-25-15(21)9-5-10(16(22)26-2)7-12(6-9)29(23,24)20-11-3-4-13-14(8-11)28-17(18,19)27-13/h3-8,20H,1-2H3. The summed E-state index contributed by atoms with van der Waals surface area (Å²) in [5.41, 5.74) is -0.532. The lowest BCUT2D eigenvalue weighted by Crippen LogP contribution is -2.25. The maximum absolute atomic E-state index is 13.1. The van der Waals surface area contributed by atoms with Crippen molar-refractivity contribution in [3.8, 4) is 11.5 Å². The molecule has 2 aromatic carbocycles.